The molecule has 126 valence electrons. The lowest BCUT2D eigenvalue weighted by atomic mass is 9.99. The van der Waals surface area contributed by atoms with Gasteiger partial charge in [-0.2, -0.15) is 0 Å². The maximum atomic E-state index is 12.2. The Morgan fingerprint density at radius 2 is 2.22 bits per heavy atom. The van der Waals surface area contributed by atoms with E-state index in [0.717, 1.165) is 18.4 Å². The van der Waals surface area contributed by atoms with E-state index in [9.17, 15) is 9.59 Å². The molecule has 2 amide bonds. The van der Waals surface area contributed by atoms with Gasteiger partial charge in [-0.3, -0.25) is 10.1 Å². The Kier molecular flexibility index (Phi) is 5.96. The van der Waals surface area contributed by atoms with Crippen LogP contribution in [-0.2, 0) is 11.2 Å². The van der Waals surface area contributed by atoms with Crippen molar-refractivity contribution in [3.8, 4) is 0 Å². The average molecular weight is 319 g/mol. The molecule has 2 N–H and O–H groups in total. The third kappa shape index (κ3) is 5.23. The van der Waals surface area contributed by atoms with Gasteiger partial charge in [0.2, 0.25) is 0 Å². The number of likely N-dealkylation sites (tertiary alicyclic amines) is 1. The Bertz CT molecular complexity index is 543. The number of piperidine rings is 1. The number of aromatic nitrogens is 1. The SMILES string of the molecule is CC(C)CCc1ccc(NC(=O)N2CCC[C@@H](C(=O)O)C2)nc1. The zero-order valence-corrected chi connectivity index (χ0v) is 13.8. The number of rotatable bonds is 5. The number of aliphatic carboxylic acids is 1. The number of carboxylic acids is 1. The predicted molar refractivity (Wildman–Crippen MR) is 88.3 cm³/mol. The summed E-state index contributed by atoms with van der Waals surface area (Å²) in [4.78, 5) is 29.1. The Balaban J connectivity index is 1.88. The summed E-state index contributed by atoms with van der Waals surface area (Å²) in [7, 11) is 0. The number of hydrogen-bond donors (Lipinski definition) is 2. The van der Waals surface area contributed by atoms with Gasteiger partial charge in [0.1, 0.15) is 5.82 Å². The average Bonchev–Trinajstić information content (AvgIpc) is 2.54. The van der Waals surface area contributed by atoms with Crippen molar-refractivity contribution in [3.05, 3.63) is 23.9 Å². The van der Waals surface area contributed by atoms with Crippen LogP contribution < -0.4 is 5.32 Å². The van der Waals surface area contributed by atoms with Crippen LogP contribution in [0.4, 0.5) is 10.6 Å². The van der Waals surface area contributed by atoms with Gasteiger partial charge in [-0.1, -0.05) is 19.9 Å². The minimum absolute atomic E-state index is 0.258. The lowest BCUT2D eigenvalue weighted by Crippen LogP contribution is -2.44. The second-order valence-electron chi connectivity index (χ2n) is 6.54. The Morgan fingerprint density at radius 1 is 1.43 bits per heavy atom. The molecule has 1 aliphatic heterocycles. The van der Waals surface area contributed by atoms with Gasteiger partial charge in [0.25, 0.3) is 0 Å². The monoisotopic (exact) mass is 319 g/mol. The van der Waals surface area contributed by atoms with Crippen LogP contribution >= 0.6 is 0 Å². The first-order valence-electron chi connectivity index (χ1n) is 8.19. The van der Waals surface area contributed by atoms with Crippen molar-refractivity contribution >= 4 is 17.8 Å². The number of carboxylic acid groups (broad SMARTS) is 1. The van der Waals surface area contributed by atoms with Gasteiger partial charge in [-0.25, -0.2) is 9.78 Å². The van der Waals surface area contributed by atoms with E-state index in [-0.39, 0.29) is 12.6 Å². The first kappa shape index (κ1) is 17.2. The van der Waals surface area contributed by atoms with E-state index in [1.54, 1.807) is 17.2 Å². The van der Waals surface area contributed by atoms with Crippen LogP contribution in [0.1, 0.15) is 38.7 Å². The predicted octanol–water partition coefficient (Wildman–Crippen LogP) is 3.00. The normalized spacial score (nSPS) is 18.0. The molecule has 6 heteroatoms. The topological polar surface area (TPSA) is 82.5 Å². The quantitative estimate of drug-likeness (QED) is 0.874. The Labute approximate surface area is 136 Å². The van der Waals surface area contributed by atoms with Crippen molar-refractivity contribution in [1.82, 2.24) is 9.88 Å². The molecule has 1 aromatic rings. The molecule has 0 bridgehead atoms. The van der Waals surface area contributed by atoms with Crippen molar-refractivity contribution in [2.24, 2.45) is 11.8 Å². The number of urea groups is 1. The first-order valence-corrected chi connectivity index (χ1v) is 8.19. The van der Waals surface area contributed by atoms with E-state index in [1.165, 1.54) is 0 Å². The summed E-state index contributed by atoms with van der Waals surface area (Å²) in [5.41, 5.74) is 1.15. The first-order chi connectivity index (χ1) is 11.0. The molecule has 1 atom stereocenters. The number of nitrogens with one attached hydrogen (secondary N) is 1. The summed E-state index contributed by atoms with van der Waals surface area (Å²) < 4.78 is 0. The molecule has 2 rings (SSSR count). The van der Waals surface area contributed by atoms with Gasteiger partial charge in [0, 0.05) is 19.3 Å². The molecule has 0 aliphatic carbocycles. The smallest absolute Gasteiger partial charge is 0.323 e. The van der Waals surface area contributed by atoms with Crippen molar-refractivity contribution in [3.63, 3.8) is 0 Å². The van der Waals surface area contributed by atoms with Crippen molar-refractivity contribution in [2.45, 2.75) is 39.5 Å². The van der Waals surface area contributed by atoms with Gasteiger partial charge in [0.05, 0.1) is 5.92 Å². The largest absolute Gasteiger partial charge is 0.481 e. The van der Waals surface area contributed by atoms with E-state index in [4.69, 9.17) is 5.11 Å². The number of nitrogens with zero attached hydrogens (tertiary/aromatic N) is 2. The van der Waals surface area contributed by atoms with Gasteiger partial charge in [0.15, 0.2) is 0 Å². The molecular weight excluding hydrogens is 294 g/mol. The maximum Gasteiger partial charge on any atom is 0.323 e. The third-order valence-corrected chi connectivity index (χ3v) is 4.13. The maximum absolute atomic E-state index is 12.2. The number of carbonyl (C=O) groups is 2. The molecule has 6 nitrogen and oxygen atoms in total. The molecule has 0 radical (unpaired) electrons. The fourth-order valence-electron chi connectivity index (χ4n) is 2.65. The van der Waals surface area contributed by atoms with Crippen LogP contribution in [0.2, 0.25) is 0 Å². The van der Waals surface area contributed by atoms with Gasteiger partial charge >= 0.3 is 12.0 Å². The van der Waals surface area contributed by atoms with E-state index in [2.05, 4.69) is 24.1 Å². The summed E-state index contributed by atoms with van der Waals surface area (Å²) >= 11 is 0. The minimum Gasteiger partial charge on any atom is -0.481 e. The molecule has 23 heavy (non-hydrogen) atoms. The molecule has 1 saturated heterocycles. The molecule has 0 unspecified atom stereocenters. The van der Waals surface area contributed by atoms with E-state index >= 15 is 0 Å². The number of amides is 2. The van der Waals surface area contributed by atoms with E-state index in [1.807, 2.05) is 6.07 Å². The molecule has 0 aromatic carbocycles. The summed E-state index contributed by atoms with van der Waals surface area (Å²) in [6.45, 7) is 5.21. The number of anilines is 1. The summed E-state index contributed by atoms with van der Waals surface area (Å²) in [6.07, 6.45) is 5.21. The highest BCUT2D eigenvalue weighted by atomic mass is 16.4. The number of aryl methyl sites for hydroxylation is 1. The fourth-order valence-corrected chi connectivity index (χ4v) is 2.65. The van der Waals surface area contributed by atoms with Crippen LogP contribution in [0.15, 0.2) is 18.3 Å². The number of carbonyl (C=O) groups excluding carboxylic acids is 1. The molecule has 1 aromatic heterocycles. The highest BCUT2D eigenvalue weighted by molar-refractivity contribution is 5.88. The molecule has 2 heterocycles. The van der Waals surface area contributed by atoms with Gasteiger partial charge in [-0.05, 0) is 43.2 Å². The van der Waals surface area contributed by atoms with Crippen LogP contribution in [0, 0.1) is 11.8 Å². The van der Waals surface area contributed by atoms with E-state index < -0.39 is 11.9 Å². The van der Waals surface area contributed by atoms with Crippen molar-refractivity contribution in [1.29, 1.82) is 0 Å². The Hall–Kier alpha value is -2.11. The molecule has 0 saturated carbocycles. The van der Waals surface area contributed by atoms with Crippen LogP contribution in [0.5, 0.6) is 0 Å². The van der Waals surface area contributed by atoms with Crippen molar-refractivity contribution < 1.29 is 14.7 Å². The molecule has 1 fully saturated rings. The highest BCUT2D eigenvalue weighted by Crippen LogP contribution is 2.18. The second-order valence-corrected chi connectivity index (χ2v) is 6.54. The summed E-state index contributed by atoms with van der Waals surface area (Å²) in [5.74, 6) is -0.160. The van der Waals surface area contributed by atoms with Gasteiger partial charge < -0.3 is 10.0 Å². The van der Waals surface area contributed by atoms with Crippen molar-refractivity contribution in [2.75, 3.05) is 18.4 Å². The van der Waals surface area contributed by atoms with Crippen LogP contribution in [-0.4, -0.2) is 40.1 Å². The molecular formula is C17H25N3O3. The van der Waals surface area contributed by atoms with E-state index in [0.29, 0.717) is 31.1 Å². The highest BCUT2D eigenvalue weighted by Gasteiger charge is 2.28. The number of pyridine rings is 1. The Morgan fingerprint density at radius 3 is 2.83 bits per heavy atom. The summed E-state index contributed by atoms with van der Waals surface area (Å²) in [5, 5.41) is 11.8. The lowest BCUT2D eigenvalue weighted by Gasteiger charge is -2.30. The summed E-state index contributed by atoms with van der Waals surface area (Å²) in [6, 6.07) is 3.49. The van der Waals surface area contributed by atoms with Crippen LogP contribution in [0.3, 0.4) is 0 Å². The lowest BCUT2D eigenvalue weighted by molar-refractivity contribution is -0.143. The van der Waals surface area contributed by atoms with Crippen LogP contribution in [0.25, 0.3) is 0 Å². The minimum atomic E-state index is -0.838. The van der Waals surface area contributed by atoms with Gasteiger partial charge in [-0.15, -0.1) is 0 Å². The second kappa shape index (κ2) is 7.94. The standard InChI is InChI=1S/C17H25N3O3/c1-12(2)5-6-13-7-8-15(18-10-13)19-17(23)20-9-3-4-14(11-20)16(21)22/h7-8,10,12,14H,3-6,9,11H2,1-2H3,(H,21,22)(H,18,19,23)/t14-/m1/s1. The number of hydrogen-bond acceptors (Lipinski definition) is 3. The zero-order valence-electron chi connectivity index (χ0n) is 13.8. The zero-order chi connectivity index (χ0) is 16.8. The molecule has 0 spiro atoms. The molecule has 1 aliphatic rings. The third-order valence-electron chi connectivity index (χ3n) is 4.13. The fraction of sp³-hybridized carbons (Fsp3) is 0.588.